The predicted octanol–water partition coefficient (Wildman–Crippen LogP) is 3.47. The first-order valence-electron chi connectivity index (χ1n) is 9.27. The number of amides is 1. The number of aromatic amines is 1. The normalized spacial score (nSPS) is 11.4. The number of hydrogen-bond donors (Lipinski definition) is 2. The number of hydrogen-bond acceptors (Lipinski definition) is 5. The van der Waals surface area contributed by atoms with Gasteiger partial charge in [-0.3, -0.25) is 9.78 Å². The second kappa shape index (κ2) is 8.19. The molecular formula is C22H18FN3O4S. The number of carbonyl (C=O) groups excluding carboxylic acids is 1. The summed E-state index contributed by atoms with van der Waals surface area (Å²) in [5, 5.41) is 3.60. The Morgan fingerprint density at radius 3 is 2.61 bits per heavy atom. The lowest BCUT2D eigenvalue weighted by molar-refractivity contribution is 0.0946. The van der Waals surface area contributed by atoms with Crippen molar-refractivity contribution in [2.75, 3.05) is 7.11 Å². The second-order valence-corrected chi connectivity index (χ2v) is 8.69. The van der Waals surface area contributed by atoms with Crippen LogP contribution in [0.1, 0.15) is 16.1 Å². The molecule has 0 aliphatic heterocycles. The van der Waals surface area contributed by atoms with Crippen LogP contribution >= 0.6 is 0 Å². The van der Waals surface area contributed by atoms with Crippen LogP contribution in [0.5, 0.6) is 5.75 Å². The van der Waals surface area contributed by atoms with Gasteiger partial charge in [-0.1, -0.05) is 12.1 Å². The Kier molecular flexibility index (Phi) is 5.43. The first kappa shape index (κ1) is 20.5. The third kappa shape index (κ3) is 4.13. The van der Waals surface area contributed by atoms with Crippen molar-refractivity contribution >= 4 is 26.6 Å². The van der Waals surface area contributed by atoms with E-state index in [0.29, 0.717) is 11.3 Å². The molecule has 2 heterocycles. The minimum absolute atomic E-state index is 0.0575. The van der Waals surface area contributed by atoms with Crippen molar-refractivity contribution in [1.29, 1.82) is 0 Å². The highest BCUT2D eigenvalue weighted by molar-refractivity contribution is 7.91. The third-order valence-corrected chi connectivity index (χ3v) is 6.56. The molecule has 0 spiro atoms. The molecule has 0 bridgehead atoms. The summed E-state index contributed by atoms with van der Waals surface area (Å²) in [6.45, 7) is 0.195. The summed E-state index contributed by atoms with van der Waals surface area (Å²) in [7, 11) is -2.69. The minimum atomic E-state index is -4.06. The van der Waals surface area contributed by atoms with Crippen molar-refractivity contribution in [3.05, 3.63) is 84.1 Å². The van der Waals surface area contributed by atoms with Gasteiger partial charge in [0.25, 0.3) is 5.91 Å². The molecular weight excluding hydrogens is 421 g/mol. The molecule has 2 aromatic heterocycles. The molecule has 0 aliphatic rings. The summed E-state index contributed by atoms with van der Waals surface area (Å²) >= 11 is 0. The Bertz CT molecular complexity index is 1330. The van der Waals surface area contributed by atoms with Crippen LogP contribution in [0, 0.1) is 5.82 Å². The van der Waals surface area contributed by atoms with E-state index in [9.17, 15) is 17.6 Å². The van der Waals surface area contributed by atoms with Crippen LogP contribution in [0.2, 0.25) is 0 Å². The number of nitrogens with one attached hydrogen (secondary N) is 2. The standard InChI is InChI=1S/C22H18FN3O4S/c1-30-16-4-7-18(23)21(11-16)31(28,29)17-5-2-14(3-6-17)12-25-22(27)20-10-15-13-24-9-8-19(15)26-20/h2-11,13,26H,12H2,1H3,(H,25,27). The van der Waals surface area contributed by atoms with Crippen LogP contribution in [-0.2, 0) is 16.4 Å². The molecule has 2 N–H and O–H groups in total. The van der Waals surface area contributed by atoms with Gasteiger partial charge in [0.1, 0.15) is 22.2 Å². The highest BCUT2D eigenvalue weighted by Crippen LogP contribution is 2.27. The van der Waals surface area contributed by atoms with Crippen molar-refractivity contribution in [3.8, 4) is 5.75 Å². The molecule has 0 saturated heterocycles. The van der Waals surface area contributed by atoms with Gasteiger partial charge in [-0.05, 0) is 42.0 Å². The molecule has 2 aromatic carbocycles. The highest BCUT2D eigenvalue weighted by atomic mass is 32.2. The molecule has 0 aliphatic carbocycles. The van der Waals surface area contributed by atoms with Crippen LogP contribution in [0.25, 0.3) is 10.9 Å². The number of nitrogens with zero attached hydrogens (tertiary/aromatic N) is 1. The van der Waals surface area contributed by atoms with Crippen LogP contribution < -0.4 is 10.1 Å². The number of carbonyl (C=O) groups is 1. The molecule has 0 atom stereocenters. The van der Waals surface area contributed by atoms with Gasteiger partial charge < -0.3 is 15.0 Å². The lowest BCUT2D eigenvalue weighted by Crippen LogP contribution is -2.23. The van der Waals surface area contributed by atoms with Crippen LogP contribution in [0.3, 0.4) is 0 Å². The third-order valence-electron chi connectivity index (χ3n) is 4.78. The van der Waals surface area contributed by atoms with E-state index in [1.807, 2.05) is 0 Å². The Balaban J connectivity index is 1.48. The van der Waals surface area contributed by atoms with E-state index in [4.69, 9.17) is 4.74 Å². The number of methoxy groups -OCH3 is 1. The van der Waals surface area contributed by atoms with E-state index in [2.05, 4.69) is 15.3 Å². The monoisotopic (exact) mass is 439 g/mol. The summed E-state index contributed by atoms with van der Waals surface area (Å²) in [5.41, 5.74) is 1.89. The van der Waals surface area contributed by atoms with E-state index < -0.39 is 20.5 Å². The van der Waals surface area contributed by atoms with Gasteiger partial charge in [0.2, 0.25) is 9.84 Å². The number of sulfone groups is 1. The molecule has 31 heavy (non-hydrogen) atoms. The van der Waals surface area contributed by atoms with E-state index in [-0.39, 0.29) is 23.1 Å². The fourth-order valence-electron chi connectivity index (χ4n) is 3.10. The average Bonchev–Trinajstić information content (AvgIpc) is 3.22. The molecule has 4 aromatic rings. The van der Waals surface area contributed by atoms with Crippen molar-refractivity contribution in [1.82, 2.24) is 15.3 Å². The molecule has 158 valence electrons. The van der Waals surface area contributed by atoms with Crippen molar-refractivity contribution in [2.24, 2.45) is 0 Å². The molecule has 7 nitrogen and oxygen atoms in total. The number of H-pyrrole nitrogens is 1. The molecule has 0 radical (unpaired) electrons. The number of halogens is 1. The zero-order chi connectivity index (χ0) is 22.0. The van der Waals surface area contributed by atoms with Crippen molar-refractivity contribution < 1.29 is 22.3 Å². The Morgan fingerprint density at radius 2 is 1.90 bits per heavy atom. The molecule has 0 unspecified atom stereocenters. The molecule has 1 amide bonds. The lowest BCUT2D eigenvalue weighted by Gasteiger charge is -2.09. The van der Waals surface area contributed by atoms with Gasteiger partial charge >= 0.3 is 0 Å². The summed E-state index contributed by atoms with van der Waals surface area (Å²) in [4.78, 5) is 18.9. The Hall–Kier alpha value is -3.72. The van der Waals surface area contributed by atoms with E-state index >= 15 is 0 Å². The quantitative estimate of drug-likeness (QED) is 0.479. The zero-order valence-electron chi connectivity index (χ0n) is 16.4. The summed E-state index contributed by atoms with van der Waals surface area (Å²) in [6.07, 6.45) is 3.29. The van der Waals surface area contributed by atoms with Crippen molar-refractivity contribution in [3.63, 3.8) is 0 Å². The van der Waals surface area contributed by atoms with Gasteiger partial charge in [0.05, 0.1) is 12.0 Å². The number of pyridine rings is 1. The van der Waals surface area contributed by atoms with E-state index in [0.717, 1.165) is 23.0 Å². The first-order chi connectivity index (χ1) is 14.9. The summed E-state index contributed by atoms with van der Waals surface area (Å²) < 4.78 is 44.7. The lowest BCUT2D eigenvalue weighted by atomic mass is 10.2. The predicted molar refractivity (Wildman–Crippen MR) is 112 cm³/mol. The topological polar surface area (TPSA) is 101 Å². The van der Waals surface area contributed by atoms with Crippen LogP contribution in [0.4, 0.5) is 4.39 Å². The SMILES string of the molecule is COc1ccc(F)c(S(=O)(=O)c2ccc(CNC(=O)c3cc4cnccc4[nH]3)cc2)c1. The summed E-state index contributed by atoms with van der Waals surface area (Å²) in [5.74, 6) is -0.913. The maximum atomic E-state index is 14.1. The number of benzene rings is 2. The maximum Gasteiger partial charge on any atom is 0.267 e. The van der Waals surface area contributed by atoms with Crippen LogP contribution in [0.15, 0.2) is 76.8 Å². The minimum Gasteiger partial charge on any atom is -0.497 e. The van der Waals surface area contributed by atoms with Crippen LogP contribution in [-0.4, -0.2) is 31.4 Å². The number of rotatable bonds is 6. The zero-order valence-corrected chi connectivity index (χ0v) is 17.2. The fourth-order valence-corrected chi connectivity index (χ4v) is 4.45. The highest BCUT2D eigenvalue weighted by Gasteiger charge is 2.22. The number of ether oxygens (including phenoxy) is 1. The van der Waals surface area contributed by atoms with Crippen molar-refractivity contribution in [2.45, 2.75) is 16.3 Å². The Labute approximate surface area is 177 Å². The number of fused-ring (bicyclic) bond motifs is 1. The largest absolute Gasteiger partial charge is 0.497 e. The molecule has 0 saturated carbocycles. The molecule has 9 heteroatoms. The van der Waals surface area contributed by atoms with Gasteiger partial charge in [0, 0.05) is 35.9 Å². The van der Waals surface area contributed by atoms with E-state index in [1.54, 1.807) is 36.7 Å². The smallest absolute Gasteiger partial charge is 0.267 e. The number of aromatic nitrogens is 2. The maximum absolute atomic E-state index is 14.1. The van der Waals surface area contributed by atoms with E-state index in [1.165, 1.54) is 25.3 Å². The second-order valence-electron chi connectivity index (χ2n) is 6.77. The molecule has 0 fully saturated rings. The van der Waals surface area contributed by atoms with Gasteiger partial charge in [-0.2, -0.15) is 0 Å². The Morgan fingerprint density at radius 1 is 1.13 bits per heavy atom. The summed E-state index contributed by atoms with van der Waals surface area (Å²) in [6, 6.07) is 12.9. The molecule has 4 rings (SSSR count). The van der Waals surface area contributed by atoms with Gasteiger partial charge in [-0.25, -0.2) is 12.8 Å². The van der Waals surface area contributed by atoms with Gasteiger partial charge in [-0.15, -0.1) is 0 Å². The average molecular weight is 439 g/mol. The fraction of sp³-hybridized carbons (Fsp3) is 0.0909. The first-order valence-corrected chi connectivity index (χ1v) is 10.8. The van der Waals surface area contributed by atoms with Gasteiger partial charge in [0.15, 0.2) is 0 Å².